The number of carbonyl (C=O) groups excluding carboxylic acids is 1. The Labute approximate surface area is 183 Å². The van der Waals surface area contributed by atoms with Crippen molar-refractivity contribution >= 4 is 40.5 Å². The Morgan fingerprint density at radius 1 is 1.10 bits per heavy atom. The Kier molecular flexibility index (Phi) is 6.94. The van der Waals surface area contributed by atoms with E-state index in [9.17, 15) is 9.90 Å². The number of hydrogen-bond donors (Lipinski definition) is 3. The van der Waals surface area contributed by atoms with Crippen molar-refractivity contribution in [2.24, 2.45) is 0 Å². The molecule has 9 heteroatoms. The summed E-state index contributed by atoms with van der Waals surface area (Å²) in [5.74, 6) is 1.49. The van der Waals surface area contributed by atoms with Crippen molar-refractivity contribution in [2.75, 3.05) is 19.5 Å². The molecular weight excluding hydrogens is 428 g/mol. The molecule has 0 radical (unpaired) electrons. The highest BCUT2D eigenvalue weighted by atomic mass is 35.5. The molecular formula is C21H19ClN2O5S. The third kappa shape index (κ3) is 5.10. The number of methoxy groups -OCH3 is 2. The van der Waals surface area contributed by atoms with Crippen LogP contribution in [0.5, 0.6) is 11.5 Å². The zero-order valence-electron chi connectivity index (χ0n) is 16.2. The summed E-state index contributed by atoms with van der Waals surface area (Å²) in [7, 11) is 3.01. The highest BCUT2D eigenvalue weighted by Gasteiger charge is 2.13. The lowest BCUT2D eigenvalue weighted by Gasteiger charge is -2.12. The van der Waals surface area contributed by atoms with Crippen LogP contribution in [0.15, 0.2) is 52.9 Å². The van der Waals surface area contributed by atoms with E-state index in [1.54, 1.807) is 48.5 Å². The van der Waals surface area contributed by atoms with Gasteiger partial charge in [0.25, 0.3) is 5.91 Å². The van der Waals surface area contributed by atoms with E-state index in [-0.39, 0.29) is 11.7 Å². The van der Waals surface area contributed by atoms with E-state index in [4.69, 9.17) is 37.7 Å². The average molecular weight is 447 g/mol. The summed E-state index contributed by atoms with van der Waals surface area (Å²) >= 11 is 11.5. The minimum absolute atomic E-state index is 0.102. The van der Waals surface area contributed by atoms with Crippen molar-refractivity contribution in [3.63, 3.8) is 0 Å². The summed E-state index contributed by atoms with van der Waals surface area (Å²) in [5.41, 5.74) is 1.55. The van der Waals surface area contributed by atoms with E-state index < -0.39 is 5.91 Å². The van der Waals surface area contributed by atoms with Gasteiger partial charge in [-0.15, -0.1) is 0 Å². The molecule has 30 heavy (non-hydrogen) atoms. The molecule has 1 amide bonds. The maximum Gasteiger partial charge on any atom is 0.257 e. The van der Waals surface area contributed by atoms with Crippen molar-refractivity contribution in [1.29, 1.82) is 0 Å². The van der Waals surface area contributed by atoms with Crippen LogP contribution in [0.25, 0.3) is 11.3 Å². The summed E-state index contributed by atoms with van der Waals surface area (Å²) in [6.07, 6.45) is 0. The summed E-state index contributed by atoms with van der Waals surface area (Å²) < 4.78 is 15.9. The SMILES string of the molecule is COc1cc(OC)cc(C(=O)NC(=S)Nc2ccc(Cl)c(-c3ccc(CO)o3)c2)c1. The lowest BCUT2D eigenvalue weighted by atomic mass is 10.1. The number of nitrogens with one attached hydrogen (secondary N) is 2. The van der Waals surface area contributed by atoms with E-state index in [0.717, 1.165) is 0 Å². The monoisotopic (exact) mass is 446 g/mol. The third-order valence-corrected chi connectivity index (χ3v) is 4.68. The molecule has 0 saturated heterocycles. The van der Waals surface area contributed by atoms with Gasteiger partial charge in [0.05, 0.1) is 19.2 Å². The number of aliphatic hydroxyl groups excluding tert-OH is 1. The van der Waals surface area contributed by atoms with Gasteiger partial charge in [-0.2, -0.15) is 0 Å². The van der Waals surface area contributed by atoms with Gasteiger partial charge in [0.15, 0.2) is 5.11 Å². The molecule has 156 valence electrons. The van der Waals surface area contributed by atoms with Crippen LogP contribution in [0.1, 0.15) is 16.1 Å². The van der Waals surface area contributed by atoms with Crippen LogP contribution in [-0.4, -0.2) is 30.3 Å². The Hall–Kier alpha value is -3.07. The highest BCUT2D eigenvalue weighted by molar-refractivity contribution is 7.80. The van der Waals surface area contributed by atoms with Crippen LogP contribution in [0.2, 0.25) is 5.02 Å². The van der Waals surface area contributed by atoms with E-state index in [0.29, 0.717) is 44.9 Å². The van der Waals surface area contributed by atoms with Crippen LogP contribution < -0.4 is 20.1 Å². The van der Waals surface area contributed by atoms with Crippen molar-refractivity contribution in [3.8, 4) is 22.8 Å². The standard InChI is InChI=1S/C21H19ClN2O5S/c1-27-15-7-12(8-16(10-15)28-2)20(26)24-21(30)23-13-3-5-18(22)17(9-13)19-6-4-14(11-25)29-19/h3-10,25H,11H2,1-2H3,(H2,23,24,26,30). The molecule has 0 aliphatic rings. The maximum atomic E-state index is 12.6. The molecule has 3 aromatic rings. The van der Waals surface area contributed by atoms with Crippen molar-refractivity contribution in [2.45, 2.75) is 6.61 Å². The topological polar surface area (TPSA) is 93.0 Å². The molecule has 3 N–H and O–H groups in total. The van der Waals surface area contributed by atoms with Crippen molar-refractivity contribution in [1.82, 2.24) is 5.32 Å². The van der Waals surface area contributed by atoms with Crippen molar-refractivity contribution < 1.29 is 23.8 Å². The summed E-state index contributed by atoms with van der Waals surface area (Å²) in [6, 6.07) is 13.3. The van der Waals surface area contributed by atoms with Gasteiger partial charge in [-0.3, -0.25) is 10.1 Å². The molecule has 0 fully saturated rings. The van der Waals surface area contributed by atoms with Crippen LogP contribution in [-0.2, 0) is 6.61 Å². The predicted octanol–water partition coefficient (Wildman–Crippen LogP) is 4.24. The fraction of sp³-hybridized carbons (Fsp3) is 0.143. The number of furan rings is 1. The van der Waals surface area contributed by atoms with Gasteiger partial charge in [0.2, 0.25) is 0 Å². The number of thiocarbonyl (C=S) groups is 1. The number of halogens is 1. The number of hydrogen-bond acceptors (Lipinski definition) is 6. The molecule has 0 aliphatic heterocycles. The first-order valence-corrected chi connectivity index (χ1v) is 9.57. The number of ether oxygens (including phenoxy) is 2. The molecule has 1 heterocycles. The number of amides is 1. The summed E-state index contributed by atoms with van der Waals surface area (Å²) in [4.78, 5) is 12.6. The number of rotatable bonds is 6. The fourth-order valence-corrected chi connectivity index (χ4v) is 3.10. The molecule has 0 saturated carbocycles. The first kappa shape index (κ1) is 21.6. The van der Waals surface area contributed by atoms with Gasteiger partial charge in [-0.05, 0) is 54.7 Å². The molecule has 2 aromatic carbocycles. The molecule has 0 bridgehead atoms. The Morgan fingerprint density at radius 2 is 1.80 bits per heavy atom. The molecule has 0 atom stereocenters. The van der Waals surface area contributed by atoms with Crippen LogP contribution >= 0.6 is 23.8 Å². The minimum Gasteiger partial charge on any atom is -0.497 e. The van der Waals surface area contributed by atoms with E-state index in [1.165, 1.54) is 14.2 Å². The molecule has 0 aliphatic carbocycles. The second kappa shape index (κ2) is 9.62. The quantitative estimate of drug-likeness (QED) is 0.488. The first-order chi connectivity index (χ1) is 14.4. The Morgan fingerprint density at radius 3 is 2.40 bits per heavy atom. The molecule has 0 spiro atoms. The van der Waals surface area contributed by atoms with Crippen LogP contribution in [0, 0.1) is 0 Å². The summed E-state index contributed by atoms with van der Waals surface area (Å²) in [5, 5.41) is 15.3. The van der Waals surface area contributed by atoms with Gasteiger partial charge >= 0.3 is 0 Å². The van der Waals surface area contributed by atoms with E-state index in [2.05, 4.69) is 10.6 Å². The van der Waals surface area contributed by atoms with Gasteiger partial charge in [0, 0.05) is 22.9 Å². The van der Waals surface area contributed by atoms with Crippen molar-refractivity contribution in [3.05, 3.63) is 64.9 Å². The van der Waals surface area contributed by atoms with Gasteiger partial charge in [-0.25, -0.2) is 0 Å². The maximum absolute atomic E-state index is 12.6. The highest BCUT2D eigenvalue weighted by Crippen LogP contribution is 2.32. The van der Waals surface area contributed by atoms with E-state index in [1.807, 2.05) is 0 Å². The first-order valence-electron chi connectivity index (χ1n) is 8.78. The predicted molar refractivity (Wildman–Crippen MR) is 118 cm³/mol. The molecule has 0 unspecified atom stereocenters. The third-order valence-electron chi connectivity index (χ3n) is 4.15. The van der Waals surface area contributed by atoms with Gasteiger partial charge < -0.3 is 24.3 Å². The molecule has 3 rings (SSSR count). The van der Waals surface area contributed by atoms with Crippen LogP contribution in [0.3, 0.4) is 0 Å². The molecule has 7 nitrogen and oxygen atoms in total. The van der Waals surface area contributed by atoms with E-state index >= 15 is 0 Å². The zero-order valence-corrected chi connectivity index (χ0v) is 17.8. The number of benzene rings is 2. The minimum atomic E-state index is -0.419. The largest absolute Gasteiger partial charge is 0.497 e. The second-order valence-electron chi connectivity index (χ2n) is 6.13. The second-order valence-corrected chi connectivity index (χ2v) is 6.94. The number of anilines is 1. The fourth-order valence-electron chi connectivity index (χ4n) is 2.68. The van der Waals surface area contributed by atoms with Gasteiger partial charge in [-0.1, -0.05) is 11.6 Å². The smallest absolute Gasteiger partial charge is 0.257 e. The lowest BCUT2D eigenvalue weighted by molar-refractivity contribution is 0.0977. The number of carbonyl (C=O) groups is 1. The Balaban J connectivity index is 1.73. The normalized spacial score (nSPS) is 10.4. The Bertz CT molecular complexity index is 1060. The summed E-state index contributed by atoms with van der Waals surface area (Å²) in [6.45, 7) is -0.208. The zero-order chi connectivity index (χ0) is 21.7. The number of aliphatic hydroxyl groups is 1. The lowest BCUT2D eigenvalue weighted by Crippen LogP contribution is -2.34. The van der Waals surface area contributed by atoms with Crippen LogP contribution in [0.4, 0.5) is 5.69 Å². The average Bonchev–Trinajstić information content (AvgIpc) is 3.23. The molecule has 1 aromatic heterocycles. The van der Waals surface area contributed by atoms with Gasteiger partial charge in [0.1, 0.15) is 29.6 Å².